The minimum Gasteiger partial charge on any atom is -0.478 e. The topological polar surface area (TPSA) is 200 Å². The Balaban J connectivity index is 4.19. The van der Waals surface area contributed by atoms with E-state index in [1.807, 2.05) is 0 Å². The summed E-state index contributed by atoms with van der Waals surface area (Å²) in [6.07, 6.45) is 0. The van der Waals surface area contributed by atoms with E-state index in [1.54, 1.807) is 0 Å². The fourth-order valence-corrected chi connectivity index (χ4v) is 3.94. The highest BCUT2D eigenvalue weighted by Gasteiger charge is 2.32. The van der Waals surface area contributed by atoms with Gasteiger partial charge in [-0.15, -0.1) is 0 Å². The normalized spacial score (nSPS) is 13.1. The van der Waals surface area contributed by atoms with E-state index >= 15 is 0 Å². The summed E-state index contributed by atoms with van der Waals surface area (Å²) in [4.78, 5) is 6.15. The molecule has 118 valence electrons. The quantitative estimate of drug-likeness (QED) is 0.485. The molecule has 0 saturated heterocycles. The largest absolute Gasteiger partial charge is 0.478 e. The Kier molecular flexibility index (Phi) is 4.16. The SMILES string of the molecule is O=C(O)c1cc(S(=O)(=O)O)cc(S(=O)(=O)O)c1S(=O)(=O)O. The molecule has 0 heterocycles. The molecule has 4 N–H and O–H groups in total. The van der Waals surface area contributed by atoms with Crippen LogP contribution in [-0.2, 0) is 30.4 Å². The molecule has 0 aliphatic rings. The second-order valence-corrected chi connectivity index (χ2v) is 7.70. The first kappa shape index (κ1) is 17.5. The number of carbonyl (C=O) groups is 1. The Labute approximate surface area is 118 Å². The molecule has 0 fully saturated rings. The average Bonchev–Trinajstić information content (AvgIpc) is 2.23. The summed E-state index contributed by atoms with van der Waals surface area (Å²) in [7, 11) is -16.0. The zero-order chi connectivity index (χ0) is 16.8. The first-order valence-corrected chi connectivity index (χ1v) is 8.81. The van der Waals surface area contributed by atoms with Crippen molar-refractivity contribution in [3.8, 4) is 0 Å². The third-order valence-corrected chi connectivity index (χ3v) is 4.89. The number of hydrogen-bond donors (Lipinski definition) is 4. The number of benzene rings is 1. The van der Waals surface area contributed by atoms with E-state index in [9.17, 15) is 30.0 Å². The average molecular weight is 362 g/mol. The van der Waals surface area contributed by atoms with Crippen molar-refractivity contribution in [1.29, 1.82) is 0 Å². The smallest absolute Gasteiger partial charge is 0.337 e. The third kappa shape index (κ3) is 3.74. The number of carboxylic acids is 1. The molecule has 1 aromatic carbocycles. The second-order valence-electron chi connectivity index (χ2n) is 3.53. The van der Waals surface area contributed by atoms with Gasteiger partial charge in [-0.3, -0.25) is 13.7 Å². The van der Waals surface area contributed by atoms with Crippen molar-refractivity contribution in [3.63, 3.8) is 0 Å². The molecule has 0 aliphatic carbocycles. The van der Waals surface area contributed by atoms with Gasteiger partial charge in [0.1, 0.15) is 9.79 Å². The van der Waals surface area contributed by atoms with Gasteiger partial charge in [0, 0.05) is 0 Å². The van der Waals surface area contributed by atoms with E-state index in [-0.39, 0.29) is 12.1 Å². The minimum absolute atomic E-state index is 0.0137. The maximum Gasteiger partial charge on any atom is 0.337 e. The number of rotatable bonds is 4. The minimum atomic E-state index is -5.45. The van der Waals surface area contributed by atoms with E-state index in [4.69, 9.17) is 18.8 Å². The zero-order valence-electron chi connectivity index (χ0n) is 9.53. The summed E-state index contributed by atoms with van der Waals surface area (Å²) in [5.74, 6) is -2.13. The summed E-state index contributed by atoms with van der Waals surface area (Å²) >= 11 is 0. The van der Waals surface area contributed by atoms with Crippen LogP contribution in [0.15, 0.2) is 26.8 Å². The van der Waals surface area contributed by atoms with E-state index < -0.39 is 56.6 Å². The summed E-state index contributed by atoms with van der Waals surface area (Å²) in [6.45, 7) is 0. The maximum absolute atomic E-state index is 11.1. The molecule has 1 rings (SSSR count). The van der Waals surface area contributed by atoms with Gasteiger partial charge in [0.2, 0.25) is 0 Å². The fourth-order valence-electron chi connectivity index (χ4n) is 1.34. The second kappa shape index (κ2) is 5.00. The lowest BCUT2D eigenvalue weighted by Gasteiger charge is -2.10. The molecule has 0 atom stereocenters. The van der Waals surface area contributed by atoms with Crippen LogP contribution in [-0.4, -0.2) is 50.0 Å². The standard InChI is InChI=1S/C7H6O11S3/c8-7(9)4-1-3(19(10,11)12)2-5(20(13,14)15)6(4)21(16,17)18/h1-2H,(H,8,9)(H,10,11,12)(H,13,14,15)(H,16,17,18). The molecule has 11 nitrogen and oxygen atoms in total. The lowest BCUT2D eigenvalue weighted by Crippen LogP contribution is -2.16. The van der Waals surface area contributed by atoms with Gasteiger partial charge in [-0.25, -0.2) is 4.79 Å². The van der Waals surface area contributed by atoms with Crippen LogP contribution in [0.1, 0.15) is 10.4 Å². The van der Waals surface area contributed by atoms with Gasteiger partial charge in [0.25, 0.3) is 30.4 Å². The van der Waals surface area contributed by atoms with Crippen LogP contribution in [0.4, 0.5) is 0 Å². The molecule has 0 aromatic heterocycles. The molecule has 1 aromatic rings. The predicted molar refractivity (Wildman–Crippen MR) is 62.8 cm³/mol. The van der Waals surface area contributed by atoms with Crippen molar-refractivity contribution in [3.05, 3.63) is 17.7 Å². The van der Waals surface area contributed by atoms with Crippen molar-refractivity contribution >= 4 is 36.3 Å². The van der Waals surface area contributed by atoms with Crippen LogP contribution in [0.5, 0.6) is 0 Å². The van der Waals surface area contributed by atoms with Crippen molar-refractivity contribution in [2.75, 3.05) is 0 Å². The molecule has 0 amide bonds. The number of aromatic carboxylic acids is 1. The molecular formula is C7H6O11S3. The van der Waals surface area contributed by atoms with Crippen LogP contribution >= 0.6 is 0 Å². The van der Waals surface area contributed by atoms with Crippen LogP contribution in [0, 0.1) is 0 Å². The number of carboxylic acid groups (broad SMARTS) is 1. The van der Waals surface area contributed by atoms with Gasteiger partial charge in [0.05, 0.1) is 10.5 Å². The highest BCUT2D eigenvalue weighted by Crippen LogP contribution is 2.28. The summed E-state index contributed by atoms with van der Waals surface area (Å²) in [6, 6.07) is 0.0929. The predicted octanol–water partition coefficient (Wildman–Crippen LogP) is -0.875. The fraction of sp³-hybridized carbons (Fsp3) is 0. The Morgan fingerprint density at radius 1 is 0.810 bits per heavy atom. The first-order valence-electron chi connectivity index (χ1n) is 4.49. The van der Waals surface area contributed by atoms with Crippen LogP contribution < -0.4 is 0 Å². The Hall–Kier alpha value is -1.58. The lowest BCUT2D eigenvalue weighted by atomic mass is 10.2. The molecule has 21 heavy (non-hydrogen) atoms. The van der Waals surface area contributed by atoms with Crippen LogP contribution in [0.25, 0.3) is 0 Å². The molecule has 14 heteroatoms. The lowest BCUT2D eigenvalue weighted by molar-refractivity contribution is 0.0691. The Bertz CT molecular complexity index is 920. The van der Waals surface area contributed by atoms with E-state index in [2.05, 4.69) is 0 Å². The Morgan fingerprint density at radius 3 is 1.57 bits per heavy atom. The summed E-state index contributed by atoms with van der Waals surface area (Å²) < 4.78 is 92.7. The summed E-state index contributed by atoms with van der Waals surface area (Å²) in [5, 5.41) is 8.78. The molecule has 0 spiro atoms. The van der Waals surface area contributed by atoms with Gasteiger partial charge in [-0.2, -0.15) is 25.3 Å². The molecule has 0 unspecified atom stereocenters. The van der Waals surface area contributed by atoms with Gasteiger partial charge < -0.3 is 5.11 Å². The third-order valence-electron chi connectivity index (χ3n) is 2.09. The molecule has 0 bridgehead atoms. The van der Waals surface area contributed by atoms with Crippen LogP contribution in [0.3, 0.4) is 0 Å². The van der Waals surface area contributed by atoms with Crippen molar-refractivity contribution in [2.45, 2.75) is 14.7 Å². The highest BCUT2D eigenvalue weighted by molar-refractivity contribution is 7.89. The van der Waals surface area contributed by atoms with Gasteiger partial charge >= 0.3 is 5.97 Å². The molecule has 0 radical (unpaired) electrons. The first-order chi connectivity index (χ1) is 9.15. The molecular weight excluding hydrogens is 356 g/mol. The van der Waals surface area contributed by atoms with Gasteiger partial charge in [0.15, 0.2) is 0 Å². The monoisotopic (exact) mass is 362 g/mol. The molecule has 0 aliphatic heterocycles. The summed E-state index contributed by atoms with van der Waals surface area (Å²) in [5.41, 5.74) is -1.47. The van der Waals surface area contributed by atoms with Crippen molar-refractivity contribution in [2.24, 2.45) is 0 Å². The number of hydrogen-bond acceptors (Lipinski definition) is 7. The zero-order valence-corrected chi connectivity index (χ0v) is 12.0. The van der Waals surface area contributed by atoms with Gasteiger partial charge in [-0.1, -0.05) is 0 Å². The van der Waals surface area contributed by atoms with Crippen molar-refractivity contribution < 1.29 is 48.8 Å². The Morgan fingerprint density at radius 2 is 1.29 bits per heavy atom. The van der Waals surface area contributed by atoms with Crippen LogP contribution in [0.2, 0.25) is 0 Å². The molecule has 0 saturated carbocycles. The van der Waals surface area contributed by atoms with Crippen molar-refractivity contribution in [1.82, 2.24) is 0 Å². The van der Waals surface area contributed by atoms with E-state index in [1.165, 1.54) is 0 Å². The highest BCUT2D eigenvalue weighted by atomic mass is 32.2. The van der Waals surface area contributed by atoms with E-state index in [0.29, 0.717) is 0 Å². The maximum atomic E-state index is 11.1. The van der Waals surface area contributed by atoms with E-state index in [0.717, 1.165) is 0 Å². The van der Waals surface area contributed by atoms with Gasteiger partial charge in [-0.05, 0) is 12.1 Å².